The first kappa shape index (κ1) is 20.3. The van der Waals surface area contributed by atoms with Crippen molar-refractivity contribution in [3.8, 4) is 0 Å². The van der Waals surface area contributed by atoms with Gasteiger partial charge in [-0.2, -0.15) is 0 Å². The van der Waals surface area contributed by atoms with Crippen molar-refractivity contribution in [2.45, 2.75) is 44.8 Å². The zero-order valence-corrected chi connectivity index (χ0v) is 16.3. The van der Waals surface area contributed by atoms with E-state index in [1.807, 2.05) is 54.6 Å². The van der Waals surface area contributed by atoms with Gasteiger partial charge in [0.1, 0.15) is 12.4 Å². The third-order valence-corrected chi connectivity index (χ3v) is 4.52. The molecule has 0 bridgehead atoms. The predicted octanol–water partition coefficient (Wildman–Crippen LogP) is 5.12. The fraction of sp³-hybridized carbons (Fsp3) is 0.333. The summed E-state index contributed by atoms with van der Waals surface area (Å²) in [6, 6.07) is 17.2. The maximum Gasteiger partial charge on any atom is 0.253 e. The van der Waals surface area contributed by atoms with Crippen LogP contribution in [0.25, 0.3) is 0 Å². The van der Waals surface area contributed by atoms with Crippen molar-refractivity contribution in [2.24, 2.45) is 0 Å². The lowest BCUT2D eigenvalue weighted by atomic mass is 10.1. The molecule has 2 rings (SSSR count). The van der Waals surface area contributed by atoms with Gasteiger partial charge in [-0.1, -0.05) is 59.1 Å². The van der Waals surface area contributed by atoms with Crippen molar-refractivity contribution in [3.05, 3.63) is 64.6 Å². The summed E-state index contributed by atoms with van der Waals surface area (Å²) in [4.78, 5) is 23.0. The molecule has 0 saturated heterocycles. The molecule has 0 aromatic heterocycles. The second-order valence-corrected chi connectivity index (χ2v) is 7.00. The van der Waals surface area contributed by atoms with E-state index in [4.69, 9.17) is 4.74 Å². The van der Waals surface area contributed by atoms with E-state index < -0.39 is 6.10 Å². The van der Waals surface area contributed by atoms with Gasteiger partial charge in [0.25, 0.3) is 5.91 Å². The molecule has 0 aliphatic carbocycles. The quantitative estimate of drug-likeness (QED) is 0.407. The second kappa shape index (κ2) is 11.6. The topological polar surface area (TPSA) is 55.4 Å². The Balaban J connectivity index is 1.91. The van der Waals surface area contributed by atoms with Crippen molar-refractivity contribution in [2.75, 3.05) is 5.32 Å². The van der Waals surface area contributed by atoms with Gasteiger partial charge in [-0.15, -0.1) is 0 Å². The van der Waals surface area contributed by atoms with Crippen molar-refractivity contribution in [1.29, 1.82) is 0 Å². The van der Waals surface area contributed by atoms with Crippen molar-refractivity contribution in [3.63, 3.8) is 0 Å². The van der Waals surface area contributed by atoms with E-state index in [-0.39, 0.29) is 5.91 Å². The summed E-state index contributed by atoms with van der Waals surface area (Å²) in [6.45, 7) is 0.383. The minimum Gasteiger partial charge on any atom is -0.364 e. The smallest absolute Gasteiger partial charge is 0.253 e. The molecule has 0 saturated carbocycles. The van der Waals surface area contributed by atoms with Crippen LogP contribution in [0.3, 0.4) is 0 Å². The van der Waals surface area contributed by atoms with Crippen LogP contribution >= 0.6 is 15.9 Å². The molecule has 1 unspecified atom stereocenters. The molecule has 26 heavy (non-hydrogen) atoms. The Kier molecular flexibility index (Phi) is 9.07. The SMILES string of the molecule is O=CCCCCCC(OCc1ccc(Br)cc1)C(=O)Nc1ccccc1. The molecule has 0 spiro atoms. The van der Waals surface area contributed by atoms with Crippen LogP contribution in [0.15, 0.2) is 59.1 Å². The average molecular weight is 418 g/mol. The third kappa shape index (κ3) is 7.50. The van der Waals surface area contributed by atoms with Crippen LogP contribution in [-0.4, -0.2) is 18.3 Å². The number of halogens is 1. The number of para-hydroxylation sites is 1. The first-order valence-corrected chi connectivity index (χ1v) is 9.64. The van der Waals surface area contributed by atoms with Crippen molar-refractivity contribution < 1.29 is 14.3 Å². The van der Waals surface area contributed by atoms with Crippen LogP contribution in [0.5, 0.6) is 0 Å². The Morgan fingerprint density at radius 3 is 2.46 bits per heavy atom. The number of ether oxygens (including phenoxy) is 1. The summed E-state index contributed by atoms with van der Waals surface area (Å²) in [5.74, 6) is -0.135. The van der Waals surface area contributed by atoms with Crippen LogP contribution in [0.4, 0.5) is 5.69 Å². The van der Waals surface area contributed by atoms with Gasteiger partial charge >= 0.3 is 0 Å². The highest BCUT2D eigenvalue weighted by molar-refractivity contribution is 9.10. The highest BCUT2D eigenvalue weighted by Gasteiger charge is 2.19. The number of carbonyl (C=O) groups is 2. The molecule has 2 aromatic rings. The molecular formula is C21H24BrNO3. The molecule has 0 aliphatic heterocycles. The van der Waals surface area contributed by atoms with E-state index >= 15 is 0 Å². The molecule has 5 heteroatoms. The summed E-state index contributed by atoms with van der Waals surface area (Å²) in [7, 11) is 0. The molecule has 2 aromatic carbocycles. The highest BCUT2D eigenvalue weighted by atomic mass is 79.9. The van der Waals surface area contributed by atoms with Gasteiger partial charge in [0.05, 0.1) is 6.61 Å². The van der Waals surface area contributed by atoms with Gasteiger partial charge < -0.3 is 14.8 Å². The number of nitrogens with one attached hydrogen (secondary N) is 1. The fourth-order valence-electron chi connectivity index (χ4n) is 2.55. The number of hydrogen-bond donors (Lipinski definition) is 1. The number of aldehydes is 1. The maximum atomic E-state index is 12.6. The van der Waals surface area contributed by atoms with Crippen LogP contribution < -0.4 is 5.32 Å². The molecule has 0 radical (unpaired) electrons. The van der Waals surface area contributed by atoms with Gasteiger partial charge in [0.2, 0.25) is 0 Å². The first-order chi connectivity index (χ1) is 12.7. The fourth-order valence-corrected chi connectivity index (χ4v) is 2.81. The zero-order valence-electron chi connectivity index (χ0n) is 14.7. The highest BCUT2D eigenvalue weighted by Crippen LogP contribution is 2.16. The average Bonchev–Trinajstić information content (AvgIpc) is 2.66. The molecule has 138 valence electrons. The van der Waals surface area contributed by atoms with E-state index in [0.29, 0.717) is 19.4 Å². The largest absolute Gasteiger partial charge is 0.364 e. The summed E-state index contributed by atoms with van der Waals surface area (Å²) < 4.78 is 6.92. The standard InChI is InChI=1S/C21H24BrNO3/c22-18-13-11-17(12-14-18)16-26-20(10-6-1-2-7-15-24)21(25)23-19-8-4-3-5-9-19/h3-5,8-9,11-15,20H,1-2,6-7,10,16H2,(H,23,25). The van der Waals surface area contributed by atoms with E-state index in [1.54, 1.807) is 0 Å². The third-order valence-electron chi connectivity index (χ3n) is 3.99. The number of unbranched alkanes of at least 4 members (excludes halogenated alkanes) is 3. The maximum absolute atomic E-state index is 12.6. The minimum absolute atomic E-state index is 0.135. The lowest BCUT2D eigenvalue weighted by Gasteiger charge is -2.18. The number of amides is 1. The van der Waals surface area contributed by atoms with E-state index in [9.17, 15) is 9.59 Å². The zero-order chi connectivity index (χ0) is 18.6. The van der Waals surface area contributed by atoms with Gasteiger partial charge in [-0.05, 0) is 42.7 Å². The molecular weight excluding hydrogens is 394 g/mol. The summed E-state index contributed by atoms with van der Waals surface area (Å²) in [5, 5.41) is 2.91. The lowest BCUT2D eigenvalue weighted by Crippen LogP contribution is -2.30. The predicted molar refractivity (Wildman–Crippen MR) is 107 cm³/mol. The van der Waals surface area contributed by atoms with Gasteiger partial charge in [0, 0.05) is 16.6 Å². The van der Waals surface area contributed by atoms with Crippen molar-refractivity contribution in [1.82, 2.24) is 0 Å². The Bertz CT molecular complexity index is 673. The molecule has 1 atom stereocenters. The Labute approximate surface area is 163 Å². The number of anilines is 1. The summed E-state index contributed by atoms with van der Waals surface area (Å²) in [6.07, 6.45) is 4.23. The molecule has 1 amide bonds. The monoisotopic (exact) mass is 417 g/mol. The number of benzene rings is 2. The number of carbonyl (C=O) groups excluding carboxylic acids is 2. The Hall–Kier alpha value is -1.98. The van der Waals surface area contributed by atoms with Crippen molar-refractivity contribution >= 4 is 33.8 Å². The van der Waals surface area contributed by atoms with Gasteiger partial charge in [-0.25, -0.2) is 0 Å². The van der Waals surface area contributed by atoms with Crippen LogP contribution in [-0.2, 0) is 20.9 Å². The van der Waals surface area contributed by atoms with Gasteiger partial charge in [0.15, 0.2) is 0 Å². The summed E-state index contributed by atoms with van der Waals surface area (Å²) in [5.41, 5.74) is 1.78. The Morgan fingerprint density at radius 1 is 1.04 bits per heavy atom. The molecule has 0 heterocycles. The molecule has 1 N–H and O–H groups in total. The molecule has 4 nitrogen and oxygen atoms in total. The normalized spacial score (nSPS) is 11.7. The first-order valence-electron chi connectivity index (χ1n) is 8.84. The molecule has 0 aliphatic rings. The molecule has 0 fully saturated rings. The van der Waals surface area contributed by atoms with Crippen LogP contribution in [0.1, 0.15) is 37.7 Å². The van der Waals surface area contributed by atoms with Crippen LogP contribution in [0.2, 0.25) is 0 Å². The second-order valence-electron chi connectivity index (χ2n) is 6.09. The number of hydrogen-bond acceptors (Lipinski definition) is 3. The van der Waals surface area contributed by atoms with E-state index in [1.165, 1.54) is 0 Å². The summed E-state index contributed by atoms with van der Waals surface area (Å²) >= 11 is 3.41. The van der Waals surface area contributed by atoms with E-state index in [2.05, 4.69) is 21.2 Å². The van der Waals surface area contributed by atoms with Gasteiger partial charge in [-0.3, -0.25) is 4.79 Å². The number of rotatable bonds is 11. The Morgan fingerprint density at radius 2 is 1.77 bits per heavy atom. The lowest BCUT2D eigenvalue weighted by molar-refractivity contribution is -0.128. The van der Waals surface area contributed by atoms with Crippen LogP contribution in [0, 0.1) is 0 Å². The minimum atomic E-state index is -0.518. The van der Waals surface area contributed by atoms with E-state index in [0.717, 1.165) is 41.3 Å².